The second-order valence-electron chi connectivity index (χ2n) is 12.3. The van der Waals surface area contributed by atoms with E-state index in [1.54, 1.807) is 6.20 Å². The van der Waals surface area contributed by atoms with Crippen LogP contribution in [0.3, 0.4) is 0 Å². The zero-order valence-corrected chi connectivity index (χ0v) is 24.6. The molecule has 6 heteroatoms. The van der Waals surface area contributed by atoms with Crippen molar-refractivity contribution in [1.29, 1.82) is 0 Å². The molecule has 0 unspecified atom stereocenters. The number of aromatic nitrogens is 1. The van der Waals surface area contributed by atoms with Gasteiger partial charge in [0.2, 0.25) is 11.3 Å². The molecule has 0 aliphatic heterocycles. The van der Waals surface area contributed by atoms with Crippen LogP contribution in [0.1, 0.15) is 82.3 Å². The zero-order chi connectivity index (χ0) is 28.8. The van der Waals surface area contributed by atoms with E-state index in [1.165, 1.54) is 11.6 Å². The third-order valence-corrected chi connectivity index (χ3v) is 6.94. The predicted octanol–water partition coefficient (Wildman–Crippen LogP) is 6.18. The molecule has 1 heterocycles. The van der Waals surface area contributed by atoms with E-state index in [-0.39, 0.29) is 22.2 Å². The van der Waals surface area contributed by atoms with Crippen LogP contribution in [0.5, 0.6) is 11.5 Å². The number of pyridine rings is 1. The summed E-state index contributed by atoms with van der Waals surface area (Å²) in [5, 5.41) is 14.0. The van der Waals surface area contributed by atoms with Crippen LogP contribution in [0.4, 0.5) is 0 Å². The molecule has 3 aromatic rings. The van der Waals surface area contributed by atoms with Gasteiger partial charge in [-0.2, -0.15) is 0 Å². The Bertz CT molecular complexity index is 1290. The average molecular weight is 533 g/mol. The smallest absolute Gasteiger partial charge is 0.223 e. The molecule has 0 fully saturated rings. The molecule has 0 aliphatic carbocycles. The van der Waals surface area contributed by atoms with Gasteiger partial charge in [0.1, 0.15) is 12.4 Å². The summed E-state index contributed by atoms with van der Waals surface area (Å²) in [6.45, 7) is 15.9. The van der Waals surface area contributed by atoms with Crippen LogP contribution in [0, 0.1) is 6.92 Å². The average Bonchev–Trinajstić information content (AvgIpc) is 2.86. The van der Waals surface area contributed by atoms with E-state index in [0.717, 1.165) is 29.5 Å². The molecule has 2 aromatic carbocycles. The molecule has 0 saturated carbocycles. The van der Waals surface area contributed by atoms with Crippen molar-refractivity contribution in [3.8, 4) is 11.5 Å². The van der Waals surface area contributed by atoms with E-state index in [9.17, 15) is 14.7 Å². The van der Waals surface area contributed by atoms with Crippen molar-refractivity contribution in [2.45, 2.75) is 91.7 Å². The SMILES string of the molecule is Cc1c(OCc2ccccc2)c(=O)ccn1CCC(=O)NCCCc1cc(C(C)(C)C)c(O)c(C(C)(C)C)c1. The minimum atomic E-state index is -0.166. The van der Waals surface area contributed by atoms with Gasteiger partial charge < -0.3 is 19.7 Å². The van der Waals surface area contributed by atoms with Crippen LogP contribution >= 0.6 is 0 Å². The van der Waals surface area contributed by atoms with Gasteiger partial charge in [-0.1, -0.05) is 84.0 Å². The van der Waals surface area contributed by atoms with Crippen LogP contribution in [0.15, 0.2) is 59.5 Å². The van der Waals surface area contributed by atoms with E-state index < -0.39 is 0 Å². The number of nitrogens with one attached hydrogen (secondary N) is 1. The molecular weight excluding hydrogens is 488 g/mol. The largest absolute Gasteiger partial charge is 0.507 e. The number of hydrogen-bond acceptors (Lipinski definition) is 4. The highest BCUT2D eigenvalue weighted by atomic mass is 16.5. The van der Waals surface area contributed by atoms with Gasteiger partial charge in [-0.15, -0.1) is 0 Å². The number of nitrogens with zero attached hydrogens (tertiary/aromatic N) is 1. The second kappa shape index (κ2) is 12.5. The van der Waals surface area contributed by atoms with Gasteiger partial charge in [0.15, 0.2) is 5.75 Å². The number of benzene rings is 2. The third-order valence-electron chi connectivity index (χ3n) is 6.94. The van der Waals surface area contributed by atoms with Gasteiger partial charge in [0.25, 0.3) is 0 Å². The molecule has 0 spiro atoms. The molecule has 0 radical (unpaired) electrons. The summed E-state index contributed by atoms with van der Waals surface area (Å²) in [4.78, 5) is 24.9. The van der Waals surface area contributed by atoms with Crippen molar-refractivity contribution in [2.75, 3.05) is 6.54 Å². The Kier molecular flexibility index (Phi) is 9.65. The Labute approximate surface area is 233 Å². The highest BCUT2D eigenvalue weighted by Gasteiger charge is 2.26. The molecular formula is C33H44N2O4. The van der Waals surface area contributed by atoms with Crippen molar-refractivity contribution in [1.82, 2.24) is 9.88 Å². The van der Waals surface area contributed by atoms with Gasteiger partial charge in [-0.05, 0) is 52.8 Å². The lowest BCUT2D eigenvalue weighted by Gasteiger charge is -2.28. The molecule has 0 atom stereocenters. The first-order valence-electron chi connectivity index (χ1n) is 13.8. The topological polar surface area (TPSA) is 80.6 Å². The first kappa shape index (κ1) is 30.0. The Morgan fingerprint density at radius 1 is 0.949 bits per heavy atom. The fourth-order valence-electron chi connectivity index (χ4n) is 4.61. The number of carbonyl (C=O) groups is 1. The van der Waals surface area contributed by atoms with E-state index in [0.29, 0.717) is 43.3 Å². The van der Waals surface area contributed by atoms with Crippen molar-refractivity contribution in [3.05, 3.63) is 92.9 Å². The lowest BCUT2D eigenvalue weighted by atomic mass is 9.78. The van der Waals surface area contributed by atoms with E-state index in [2.05, 4.69) is 59.0 Å². The summed E-state index contributed by atoms with van der Waals surface area (Å²) in [5.74, 6) is 0.676. The van der Waals surface area contributed by atoms with E-state index in [1.807, 2.05) is 41.8 Å². The molecule has 0 bridgehead atoms. The number of aryl methyl sites for hydroxylation is 2. The monoisotopic (exact) mass is 532 g/mol. The minimum absolute atomic E-state index is 0.0312. The second-order valence-corrected chi connectivity index (χ2v) is 12.3. The maximum absolute atomic E-state index is 12.6. The third kappa shape index (κ3) is 8.22. The molecule has 0 aliphatic rings. The predicted molar refractivity (Wildman–Crippen MR) is 158 cm³/mol. The van der Waals surface area contributed by atoms with Gasteiger partial charge in [0.05, 0.1) is 5.69 Å². The lowest BCUT2D eigenvalue weighted by Crippen LogP contribution is -2.26. The van der Waals surface area contributed by atoms with Crippen LogP contribution in [0.2, 0.25) is 0 Å². The summed E-state index contributed by atoms with van der Waals surface area (Å²) in [6, 6.07) is 15.4. The number of aromatic hydroxyl groups is 1. The number of amides is 1. The van der Waals surface area contributed by atoms with Gasteiger partial charge in [-0.3, -0.25) is 9.59 Å². The van der Waals surface area contributed by atoms with Crippen LogP contribution in [0.25, 0.3) is 0 Å². The standard InChI is InChI=1S/C33H44N2O4/c1-23-31(39-22-24-12-9-8-10-13-24)28(36)15-18-35(23)19-16-29(37)34-17-11-14-25-20-26(32(2,3)4)30(38)27(21-25)33(5,6)7/h8-10,12-13,15,18,20-21,38H,11,14,16-17,19,22H2,1-7H3,(H,34,37). The number of phenols is 1. The first-order valence-corrected chi connectivity index (χ1v) is 13.8. The summed E-state index contributed by atoms with van der Waals surface area (Å²) < 4.78 is 7.73. The number of carbonyl (C=O) groups excluding carboxylic acids is 1. The van der Waals surface area contributed by atoms with E-state index in [4.69, 9.17) is 4.74 Å². The summed E-state index contributed by atoms with van der Waals surface area (Å²) in [5.41, 5.74) is 4.29. The molecule has 3 rings (SSSR count). The Hall–Kier alpha value is -3.54. The van der Waals surface area contributed by atoms with Crippen molar-refractivity contribution in [2.24, 2.45) is 0 Å². The fraction of sp³-hybridized carbons (Fsp3) is 0.455. The Morgan fingerprint density at radius 2 is 1.56 bits per heavy atom. The molecule has 1 amide bonds. The van der Waals surface area contributed by atoms with Crippen molar-refractivity contribution >= 4 is 5.91 Å². The Morgan fingerprint density at radius 3 is 2.15 bits per heavy atom. The molecule has 2 N–H and O–H groups in total. The van der Waals surface area contributed by atoms with Crippen LogP contribution in [-0.4, -0.2) is 22.1 Å². The lowest BCUT2D eigenvalue weighted by molar-refractivity contribution is -0.121. The highest BCUT2D eigenvalue weighted by Crippen LogP contribution is 2.40. The fourth-order valence-corrected chi connectivity index (χ4v) is 4.61. The summed E-state index contributed by atoms with van der Waals surface area (Å²) in [6.07, 6.45) is 3.64. The zero-order valence-electron chi connectivity index (χ0n) is 24.6. The van der Waals surface area contributed by atoms with Gasteiger partial charge in [-0.25, -0.2) is 0 Å². The maximum Gasteiger partial charge on any atom is 0.223 e. The first-order chi connectivity index (χ1) is 18.3. The van der Waals surface area contributed by atoms with E-state index >= 15 is 0 Å². The van der Waals surface area contributed by atoms with Crippen molar-refractivity contribution in [3.63, 3.8) is 0 Å². The Balaban J connectivity index is 1.54. The van der Waals surface area contributed by atoms with Crippen molar-refractivity contribution < 1.29 is 14.6 Å². The summed E-state index contributed by atoms with van der Waals surface area (Å²) >= 11 is 0. The van der Waals surface area contributed by atoms with Gasteiger partial charge >= 0.3 is 0 Å². The number of phenolic OH excluding ortho intramolecular Hbond substituents is 1. The quantitative estimate of drug-likeness (QED) is 0.306. The molecule has 1 aromatic heterocycles. The molecule has 39 heavy (non-hydrogen) atoms. The molecule has 0 saturated heterocycles. The highest BCUT2D eigenvalue weighted by molar-refractivity contribution is 5.75. The van der Waals surface area contributed by atoms with Crippen LogP contribution in [-0.2, 0) is 35.2 Å². The number of hydrogen-bond donors (Lipinski definition) is 2. The number of ether oxygens (including phenoxy) is 1. The number of rotatable bonds is 10. The van der Waals surface area contributed by atoms with Gasteiger partial charge in [0, 0.05) is 31.8 Å². The summed E-state index contributed by atoms with van der Waals surface area (Å²) in [7, 11) is 0. The maximum atomic E-state index is 12.6. The normalized spacial score (nSPS) is 11.9. The molecule has 6 nitrogen and oxygen atoms in total. The van der Waals surface area contributed by atoms with Crippen LogP contribution < -0.4 is 15.5 Å². The minimum Gasteiger partial charge on any atom is -0.507 e. The molecule has 210 valence electrons.